The number of para-hydroxylation sites is 1. The van der Waals surface area contributed by atoms with E-state index >= 15 is 0 Å². The highest BCUT2D eigenvalue weighted by Crippen LogP contribution is 2.24. The zero-order chi connectivity index (χ0) is 12.8. The molecule has 2 rings (SSSR count). The predicted octanol–water partition coefficient (Wildman–Crippen LogP) is 3.65. The Morgan fingerprint density at radius 2 is 2.06 bits per heavy atom. The van der Waals surface area contributed by atoms with Crippen LogP contribution in [0.15, 0.2) is 41.8 Å². The van der Waals surface area contributed by atoms with Crippen LogP contribution in [0.25, 0.3) is 0 Å². The van der Waals surface area contributed by atoms with Crippen LogP contribution in [0.1, 0.15) is 23.4 Å². The first-order valence-corrected chi connectivity index (χ1v) is 7.10. The van der Waals surface area contributed by atoms with E-state index < -0.39 is 0 Å². The van der Waals surface area contributed by atoms with Gasteiger partial charge in [0.15, 0.2) is 0 Å². The van der Waals surface area contributed by atoms with Gasteiger partial charge < -0.3 is 10.1 Å². The van der Waals surface area contributed by atoms with E-state index in [0.717, 1.165) is 18.8 Å². The second kappa shape index (κ2) is 6.57. The highest BCUT2D eigenvalue weighted by atomic mass is 32.1. The molecule has 0 saturated carbocycles. The van der Waals surface area contributed by atoms with Gasteiger partial charge in [0.1, 0.15) is 5.75 Å². The van der Waals surface area contributed by atoms with Gasteiger partial charge in [-0.05, 0) is 31.5 Å². The van der Waals surface area contributed by atoms with Crippen LogP contribution in [-0.2, 0) is 6.42 Å². The van der Waals surface area contributed by atoms with E-state index in [-0.39, 0.29) is 0 Å². The van der Waals surface area contributed by atoms with Gasteiger partial charge in [0.25, 0.3) is 0 Å². The van der Waals surface area contributed by atoms with Crippen LogP contribution in [0.4, 0.5) is 0 Å². The Balaban J connectivity index is 1.96. The third-order valence-electron chi connectivity index (χ3n) is 3.00. The smallest absolute Gasteiger partial charge is 0.124 e. The van der Waals surface area contributed by atoms with E-state index in [1.807, 2.05) is 19.2 Å². The summed E-state index contributed by atoms with van der Waals surface area (Å²) in [6.45, 7) is 2.87. The monoisotopic (exact) mass is 261 g/mol. The molecule has 0 spiro atoms. The van der Waals surface area contributed by atoms with Gasteiger partial charge in [-0.2, -0.15) is 0 Å². The third-order valence-corrected chi connectivity index (χ3v) is 3.94. The summed E-state index contributed by atoms with van der Waals surface area (Å²) in [5.41, 5.74) is 1.21. The van der Waals surface area contributed by atoms with Crippen LogP contribution >= 0.6 is 11.3 Å². The first kappa shape index (κ1) is 13.1. The number of hydrogen-bond acceptors (Lipinski definition) is 3. The molecule has 2 aromatic rings. The second-order valence-electron chi connectivity index (χ2n) is 4.23. The molecule has 0 fully saturated rings. The standard InChI is InChI=1S/C15H19NOS/c1-12(16-2)14-7-3-4-8-15(14)17-10-9-13-6-5-11-18-13/h3-8,11-12,16H,9-10H2,1-2H3. The molecule has 3 heteroatoms. The van der Waals surface area contributed by atoms with E-state index in [9.17, 15) is 0 Å². The maximum atomic E-state index is 5.90. The molecule has 1 heterocycles. The highest BCUT2D eigenvalue weighted by molar-refractivity contribution is 7.09. The molecule has 2 nitrogen and oxygen atoms in total. The lowest BCUT2D eigenvalue weighted by Gasteiger charge is -2.16. The molecule has 0 radical (unpaired) electrons. The van der Waals surface area contributed by atoms with Gasteiger partial charge in [-0.15, -0.1) is 11.3 Å². The number of benzene rings is 1. The van der Waals surface area contributed by atoms with E-state index in [1.54, 1.807) is 11.3 Å². The largest absolute Gasteiger partial charge is 0.493 e. The zero-order valence-corrected chi connectivity index (χ0v) is 11.7. The molecule has 0 aliphatic heterocycles. The van der Waals surface area contributed by atoms with Crippen molar-refractivity contribution in [2.24, 2.45) is 0 Å². The number of rotatable bonds is 6. The Bertz CT molecular complexity index is 467. The van der Waals surface area contributed by atoms with Gasteiger partial charge in [-0.1, -0.05) is 24.3 Å². The van der Waals surface area contributed by atoms with Crippen molar-refractivity contribution in [1.82, 2.24) is 5.32 Å². The normalized spacial score (nSPS) is 12.3. The first-order valence-electron chi connectivity index (χ1n) is 6.22. The fourth-order valence-corrected chi connectivity index (χ4v) is 2.53. The molecule has 1 unspecified atom stereocenters. The highest BCUT2D eigenvalue weighted by Gasteiger charge is 2.08. The van der Waals surface area contributed by atoms with Crippen LogP contribution in [0.5, 0.6) is 5.75 Å². The summed E-state index contributed by atoms with van der Waals surface area (Å²) in [5.74, 6) is 0.982. The van der Waals surface area contributed by atoms with E-state index in [2.05, 4.69) is 41.9 Å². The molecule has 0 saturated heterocycles. The molecule has 1 aromatic heterocycles. The number of thiophene rings is 1. The van der Waals surface area contributed by atoms with Crippen LogP contribution in [0.3, 0.4) is 0 Å². The third kappa shape index (κ3) is 3.34. The summed E-state index contributed by atoms with van der Waals surface area (Å²) in [5, 5.41) is 5.35. The summed E-state index contributed by atoms with van der Waals surface area (Å²) >= 11 is 1.78. The van der Waals surface area contributed by atoms with Crippen molar-refractivity contribution in [2.75, 3.05) is 13.7 Å². The Labute approximate surface area is 113 Å². The Morgan fingerprint density at radius 3 is 2.78 bits per heavy atom. The fraction of sp³-hybridized carbons (Fsp3) is 0.333. The quantitative estimate of drug-likeness (QED) is 0.857. The molecule has 0 amide bonds. The minimum Gasteiger partial charge on any atom is -0.493 e. The summed E-state index contributed by atoms with van der Waals surface area (Å²) in [4.78, 5) is 1.37. The lowest BCUT2D eigenvalue weighted by molar-refractivity contribution is 0.316. The van der Waals surface area contributed by atoms with Gasteiger partial charge in [0, 0.05) is 22.9 Å². The first-order chi connectivity index (χ1) is 8.81. The summed E-state index contributed by atoms with van der Waals surface area (Å²) in [6.07, 6.45) is 0.972. The lowest BCUT2D eigenvalue weighted by atomic mass is 10.1. The fourth-order valence-electron chi connectivity index (χ4n) is 1.84. The maximum absolute atomic E-state index is 5.90. The van der Waals surface area contributed by atoms with Crippen LogP contribution < -0.4 is 10.1 Å². The average Bonchev–Trinajstić information content (AvgIpc) is 2.92. The lowest BCUT2D eigenvalue weighted by Crippen LogP contribution is -2.14. The van der Waals surface area contributed by atoms with Crippen LogP contribution in [0.2, 0.25) is 0 Å². The van der Waals surface area contributed by atoms with Gasteiger partial charge >= 0.3 is 0 Å². The Morgan fingerprint density at radius 1 is 1.22 bits per heavy atom. The number of hydrogen-bond donors (Lipinski definition) is 1. The van der Waals surface area contributed by atoms with Crippen molar-refractivity contribution in [3.63, 3.8) is 0 Å². The van der Waals surface area contributed by atoms with Crippen molar-refractivity contribution in [2.45, 2.75) is 19.4 Å². The molecule has 96 valence electrons. The van der Waals surface area contributed by atoms with Gasteiger partial charge in [0.2, 0.25) is 0 Å². The van der Waals surface area contributed by atoms with Crippen molar-refractivity contribution in [3.8, 4) is 5.75 Å². The molecule has 1 aromatic carbocycles. The second-order valence-corrected chi connectivity index (χ2v) is 5.26. The van der Waals surface area contributed by atoms with Crippen LogP contribution in [-0.4, -0.2) is 13.7 Å². The van der Waals surface area contributed by atoms with Crippen molar-refractivity contribution in [1.29, 1.82) is 0 Å². The average molecular weight is 261 g/mol. The van der Waals surface area contributed by atoms with E-state index in [0.29, 0.717) is 6.04 Å². The summed E-state index contributed by atoms with van der Waals surface area (Å²) < 4.78 is 5.90. The molecule has 0 aliphatic rings. The molecular formula is C15H19NOS. The van der Waals surface area contributed by atoms with Gasteiger partial charge in [-0.25, -0.2) is 0 Å². The van der Waals surface area contributed by atoms with Crippen molar-refractivity contribution < 1.29 is 4.74 Å². The number of ether oxygens (including phenoxy) is 1. The maximum Gasteiger partial charge on any atom is 0.124 e. The molecule has 0 bridgehead atoms. The Hall–Kier alpha value is -1.32. The summed E-state index contributed by atoms with van der Waals surface area (Å²) in [7, 11) is 1.97. The minimum atomic E-state index is 0.308. The molecule has 18 heavy (non-hydrogen) atoms. The molecule has 1 N–H and O–H groups in total. The molecule has 0 aliphatic carbocycles. The predicted molar refractivity (Wildman–Crippen MR) is 77.4 cm³/mol. The van der Waals surface area contributed by atoms with Gasteiger partial charge in [-0.3, -0.25) is 0 Å². The minimum absolute atomic E-state index is 0.308. The van der Waals surface area contributed by atoms with E-state index in [4.69, 9.17) is 4.74 Å². The molecular weight excluding hydrogens is 242 g/mol. The van der Waals surface area contributed by atoms with Crippen molar-refractivity contribution >= 4 is 11.3 Å². The summed E-state index contributed by atoms with van der Waals surface area (Å²) in [6, 6.07) is 12.8. The van der Waals surface area contributed by atoms with Crippen molar-refractivity contribution in [3.05, 3.63) is 52.2 Å². The van der Waals surface area contributed by atoms with Crippen LogP contribution in [0, 0.1) is 0 Å². The SMILES string of the molecule is CNC(C)c1ccccc1OCCc1cccs1. The topological polar surface area (TPSA) is 21.3 Å². The molecule has 1 atom stereocenters. The number of nitrogens with one attached hydrogen (secondary N) is 1. The van der Waals surface area contributed by atoms with E-state index in [1.165, 1.54) is 10.4 Å². The van der Waals surface area contributed by atoms with Gasteiger partial charge in [0.05, 0.1) is 6.61 Å². The zero-order valence-electron chi connectivity index (χ0n) is 10.8. The Kier molecular flexibility index (Phi) is 4.79.